The van der Waals surface area contributed by atoms with Gasteiger partial charge in [0.05, 0.1) is 18.9 Å². The number of nitrogens with one attached hydrogen (secondary N) is 1. The smallest absolute Gasteiger partial charge is 0.494 e. The molecular weight excluding hydrogens is 351 g/mol. The van der Waals surface area contributed by atoms with Crippen molar-refractivity contribution in [2.24, 2.45) is 0 Å². The van der Waals surface area contributed by atoms with Crippen molar-refractivity contribution in [1.29, 1.82) is 0 Å². The highest BCUT2D eigenvalue weighted by atomic mass is 19.4. The first kappa shape index (κ1) is 19.4. The number of hydrogen-bond donors (Lipinski definition) is 1. The van der Waals surface area contributed by atoms with Crippen LogP contribution in [0.1, 0.15) is 24.2 Å². The van der Waals surface area contributed by atoms with E-state index in [-0.39, 0.29) is 5.56 Å². The maximum absolute atomic E-state index is 12.4. The van der Waals surface area contributed by atoms with E-state index in [1.54, 1.807) is 25.1 Å². The fourth-order valence-corrected chi connectivity index (χ4v) is 2.15. The van der Waals surface area contributed by atoms with Crippen molar-refractivity contribution in [3.8, 4) is 17.2 Å². The molecule has 26 heavy (non-hydrogen) atoms. The second kappa shape index (κ2) is 8.46. The Hall–Kier alpha value is -2.90. The lowest BCUT2D eigenvalue weighted by atomic mass is 10.2. The number of anilines is 1. The molecule has 5 nitrogen and oxygen atoms in total. The normalized spacial score (nSPS) is 11.0. The highest BCUT2D eigenvalue weighted by Gasteiger charge is 2.31. The van der Waals surface area contributed by atoms with Gasteiger partial charge in [-0.3, -0.25) is 4.79 Å². The Labute approximate surface area is 148 Å². The minimum atomic E-state index is -4.78. The Morgan fingerprint density at radius 2 is 1.58 bits per heavy atom. The van der Waals surface area contributed by atoms with Crippen molar-refractivity contribution in [3.63, 3.8) is 0 Å². The molecule has 0 spiro atoms. The van der Waals surface area contributed by atoms with Crippen LogP contribution in [0.2, 0.25) is 0 Å². The first-order valence-corrected chi connectivity index (χ1v) is 7.89. The molecule has 2 aromatic rings. The van der Waals surface area contributed by atoms with Crippen molar-refractivity contribution >= 4 is 11.6 Å². The lowest BCUT2D eigenvalue weighted by molar-refractivity contribution is -0.274. The van der Waals surface area contributed by atoms with Crippen LogP contribution in [0.15, 0.2) is 42.5 Å². The zero-order valence-electron chi connectivity index (χ0n) is 14.2. The molecule has 2 rings (SSSR count). The summed E-state index contributed by atoms with van der Waals surface area (Å²) in [6, 6.07) is 9.63. The van der Waals surface area contributed by atoms with E-state index < -0.39 is 18.0 Å². The summed E-state index contributed by atoms with van der Waals surface area (Å²) in [6.45, 7) is 4.50. The lowest BCUT2D eigenvalue weighted by Gasteiger charge is -2.14. The first-order valence-electron chi connectivity index (χ1n) is 7.89. The highest BCUT2D eigenvalue weighted by molar-refractivity contribution is 6.05. The molecule has 1 amide bonds. The molecule has 0 saturated heterocycles. The molecule has 140 valence electrons. The number of ether oxygens (including phenoxy) is 3. The summed E-state index contributed by atoms with van der Waals surface area (Å²) >= 11 is 0. The van der Waals surface area contributed by atoms with Gasteiger partial charge in [-0.05, 0) is 50.2 Å². The summed E-state index contributed by atoms with van der Waals surface area (Å²) in [5, 5.41) is 2.67. The molecule has 0 saturated carbocycles. The standard InChI is InChI=1S/C18H18F3NO4/c1-3-24-14-9-10-16(25-4-2)15(11-14)22-17(23)12-5-7-13(8-6-12)26-18(19,20)21/h5-11H,3-4H2,1-2H3,(H,22,23). The van der Waals surface area contributed by atoms with Crippen LogP contribution < -0.4 is 19.5 Å². The van der Waals surface area contributed by atoms with Crippen LogP contribution in [0.5, 0.6) is 17.2 Å². The van der Waals surface area contributed by atoms with Gasteiger partial charge in [0.15, 0.2) is 0 Å². The van der Waals surface area contributed by atoms with Gasteiger partial charge in [-0.25, -0.2) is 0 Å². The number of halogens is 3. The molecular formula is C18H18F3NO4. The molecule has 0 aromatic heterocycles. The minimum Gasteiger partial charge on any atom is -0.494 e. The molecule has 1 N–H and O–H groups in total. The van der Waals surface area contributed by atoms with Crippen molar-refractivity contribution in [2.75, 3.05) is 18.5 Å². The van der Waals surface area contributed by atoms with Gasteiger partial charge in [-0.1, -0.05) is 0 Å². The number of alkyl halides is 3. The molecule has 0 fully saturated rings. The van der Waals surface area contributed by atoms with E-state index >= 15 is 0 Å². The summed E-state index contributed by atoms with van der Waals surface area (Å²) in [5.41, 5.74) is 0.571. The average Bonchev–Trinajstić information content (AvgIpc) is 2.57. The number of carbonyl (C=O) groups excluding carboxylic acids is 1. The first-order chi connectivity index (χ1) is 12.3. The number of benzene rings is 2. The molecule has 2 aromatic carbocycles. The molecule has 0 aliphatic rings. The summed E-state index contributed by atoms with van der Waals surface area (Å²) in [5.74, 6) is 0.113. The second-order valence-electron chi connectivity index (χ2n) is 5.05. The maximum Gasteiger partial charge on any atom is 0.573 e. The van der Waals surface area contributed by atoms with E-state index in [4.69, 9.17) is 9.47 Å². The van der Waals surface area contributed by atoms with Gasteiger partial charge in [-0.15, -0.1) is 13.2 Å². The van der Waals surface area contributed by atoms with Crippen molar-refractivity contribution in [1.82, 2.24) is 0 Å². The van der Waals surface area contributed by atoms with Crippen molar-refractivity contribution in [2.45, 2.75) is 20.2 Å². The summed E-state index contributed by atoms with van der Waals surface area (Å²) in [4.78, 5) is 12.4. The van der Waals surface area contributed by atoms with Gasteiger partial charge in [-0.2, -0.15) is 0 Å². The van der Waals surface area contributed by atoms with Gasteiger partial charge in [0.1, 0.15) is 17.2 Å². The molecule has 0 atom stereocenters. The van der Waals surface area contributed by atoms with Gasteiger partial charge >= 0.3 is 6.36 Å². The van der Waals surface area contributed by atoms with E-state index in [9.17, 15) is 18.0 Å². The van der Waals surface area contributed by atoms with Gasteiger partial charge in [0.25, 0.3) is 5.91 Å². The number of amides is 1. The SMILES string of the molecule is CCOc1ccc(OCC)c(NC(=O)c2ccc(OC(F)(F)F)cc2)c1. The van der Waals surface area contributed by atoms with E-state index in [0.29, 0.717) is 30.4 Å². The fourth-order valence-electron chi connectivity index (χ4n) is 2.15. The van der Waals surface area contributed by atoms with Crippen molar-refractivity contribution in [3.05, 3.63) is 48.0 Å². The molecule has 0 heterocycles. The topological polar surface area (TPSA) is 56.8 Å². The highest BCUT2D eigenvalue weighted by Crippen LogP contribution is 2.30. The second-order valence-corrected chi connectivity index (χ2v) is 5.05. The largest absolute Gasteiger partial charge is 0.573 e. The Morgan fingerprint density at radius 1 is 0.962 bits per heavy atom. The Morgan fingerprint density at radius 3 is 2.15 bits per heavy atom. The Bertz CT molecular complexity index is 745. The molecule has 0 radical (unpaired) electrons. The van der Waals surface area contributed by atoms with Crippen LogP contribution in [0.4, 0.5) is 18.9 Å². The third-order valence-electron chi connectivity index (χ3n) is 3.16. The molecule has 0 unspecified atom stereocenters. The van der Waals surface area contributed by atoms with Crippen LogP contribution in [-0.2, 0) is 0 Å². The predicted molar refractivity (Wildman–Crippen MR) is 89.9 cm³/mol. The van der Waals surface area contributed by atoms with Gasteiger partial charge < -0.3 is 19.5 Å². The lowest BCUT2D eigenvalue weighted by Crippen LogP contribution is -2.17. The van der Waals surface area contributed by atoms with E-state index in [0.717, 1.165) is 12.1 Å². The summed E-state index contributed by atoms with van der Waals surface area (Å²) in [6.07, 6.45) is -4.78. The zero-order valence-corrected chi connectivity index (χ0v) is 14.2. The van der Waals surface area contributed by atoms with E-state index in [2.05, 4.69) is 10.1 Å². The minimum absolute atomic E-state index is 0.170. The summed E-state index contributed by atoms with van der Waals surface area (Å²) < 4.78 is 51.2. The molecule has 8 heteroatoms. The zero-order chi connectivity index (χ0) is 19.2. The van der Waals surface area contributed by atoms with Crippen LogP contribution in [0, 0.1) is 0 Å². The van der Waals surface area contributed by atoms with Crippen LogP contribution >= 0.6 is 0 Å². The predicted octanol–water partition coefficient (Wildman–Crippen LogP) is 4.63. The third kappa shape index (κ3) is 5.58. The van der Waals surface area contributed by atoms with E-state index in [1.165, 1.54) is 12.1 Å². The van der Waals surface area contributed by atoms with Crippen LogP contribution in [0.3, 0.4) is 0 Å². The van der Waals surface area contributed by atoms with Crippen molar-refractivity contribution < 1.29 is 32.2 Å². The van der Waals surface area contributed by atoms with Crippen LogP contribution in [-0.4, -0.2) is 25.5 Å². The number of rotatable bonds is 7. The maximum atomic E-state index is 12.4. The van der Waals surface area contributed by atoms with E-state index in [1.807, 2.05) is 6.92 Å². The third-order valence-corrected chi connectivity index (χ3v) is 3.16. The molecule has 0 aliphatic carbocycles. The Balaban J connectivity index is 2.16. The summed E-state index contributed by atoms with van der Waals surface area (Å²) in [7, 11) is 0. The molecule has 0 aliphatic heterocycles. The fraction of sp³-hybridized carbons (Fsp3) is 0.278. The monoisotopic (exact) mass is 369 g/mol. The average molecular weight is 369 g/mol. The van der Waals surface area contributed by atoms with Gasteiger partial charge in [0.2, 0.25) is 0 Å². The quantitative estimate of drug-likeness (QED) is 0.773. The van der Waals surface area contributed by atoms with Crippen LogP contribution in [0.25, 0.3) is 0 Å². The number of hydrogen-bond acceptors (Lipinski definition) is 4. The molecule has 0 bridgehead atoms. The number of carbonyl (C=O) groups is 1. The Kier molecular flexibility index (Phi) is 6.32. The van der Waals surface area contributed by atoms with Gasteiger partial charge in [0, 0.05) is 11.6 Å².